The van der Waals surface area contributed by atoms with Gasteiger partial charge in [0.25, 0.3) is 5.91 Å². The van der Waals surface area contributed by atoms with Gasteiger partial charge in [0, 0.05) is 36.7 Å². The highest BCUT2D eigenvalue weighted by atomic mass is 35.5. The molecule has 1 heterocycles. The summed E-state index contributed by atoms with van der Waals surface area (Å²) in [6.07, 6.45) is -2.32. The zero-order valence-electron chi connectivity index (χ0n) is 24.1. The fourth-order valence-corrected chi connectivity index (χ4v) is 6.44. The van der Waals surface area contributed by atoms with Gasteiger partial charge < -0.3 is 20.1 Å². The largest absolute Gasteiger partial charge is 0.496 e. The number of ether oxygens (including phenoxy) is 2. The van der Waals surface area contributed by atoms with Gasteiger partial charge in [0.2, 0.25) is 0 Å². The summed E-state index contributed by atoms with van der Waals surface area (Å²) in [7, 11) is -1.92. The highest BCUT2D eigenvalue weighted by Crippen LogP contribution is 2.41. The number of aromatic nitrogens is 2. The van der Waals surface area contributed by atoms with Crippen LogP contribution >= 0.6 is 11.6 Å². The Morgan fingerprint density at radius 1 is 1.24 bits per heavy atom. The SMILES string of the molecule is CCOC(=O)[C@]1(CNC(=O)c2nn(CC)c(-c3ccc(N[C@H](C)C(F)(F)F)cc3OC)c2Cl)CC[C@H](S(C)(=O)=O)CC1. The highest BCUT2D eigenvalue weighted by Gasteiger charge is 2.45. The highest BCUT2D eigenvalue weighted by molar-refractivity contribution is 7.91. The van der Waals surface area contributed by atoms with Gasteiger partial charge in [-0.05, 0) is 58.6 Å². The Labute approximate surface area is 248 Å². The second kappa shape index (κ2) is 13.1. The molecule has 0 spiro atoms. The van der Waals surface area contributed by atoms with Crippen molar-refractivity contribution in [3.63, 3.8) is 0 Å². The van der Waals surface area contributed by atoms with E-state index in [9.17, 15) is 31.2 Å². The van der Waals surface area contributed by atoms with Crippen molar-refractivity contribution in [1.29, 1.82) is 0 Å². The predicted molar refractivity (Wildman–Crippen MR) is 153 cm³/mol. The number of methoxy groups -OCH3 is 1. The molecule has 1 aromatic heterocycles. The molecule has 1 aromatic carbocycles. The van der Waals surface area contributed by atoms with Gasteiger partial charge in [-0.2, -0.15) is 18.3 Å². The Morgan fingerprint density at radius 3 is 2.40 bits per heavy atom. The number of rotatable bonds is 11. The number of alkyl halides is 3. The van der Waals surface area contributed by atoms with Gasteiger partial charge >= 0.3 is 12.1 Å². The van der Waals surface area contributed by atoms with E-state index in [1.165, 1.54) is 36.2 Å². The minimum Gasteiger partial charge on any atom is -0.496 e. The quantitative estimate of drug-likeness (QED) is 0.335. The fourth-order valence-electron chi connectivity index (χ4n) is 5.02. The normalized spacial score (nSPS) is 20.1. The number of hydrogen-bond donors (Lipinski definition) is 2. The Hall–Kier alpha value is -3.00. The third-order valence-corrected chi connectivity index (χ3v) is 9.57. The molecule has 0 unspecified atom stereocenters. The second-order valence-corrected chi connectivity index (χ2v) is 13.1. The number of amides is 1. The van der Waals surface area contributed by atoms with Crippen LogP contribution in [0.25, 0.3) is 11.3 Å². The van der Waals surface area contributed by atoms with Crippen molar-refractivity contribution < 1.29 is 40.7 Å². The molecule has 10 nitrogen and oxygen atoms in total. The van der Waals surface area contributed by atoms with E-state index in [1.807, 2.05) is 0 Å². The molecular formula is C27H36ClF3N4O6S. The lowest BCUT2D eigenvalue weighted by atomic mass is 9.73. The molecule has 3 rings (SSSR count). The van der Waals surface area contributed by atoms with Gasteiger partial charge in [-0.15, -0.1) is 0 Å². The number of carbonyl (C=O) groups is 2. The maximum Gasteiger partial charge on any atom is 0.408 e. The lowest BCUT2D eigenvalue weighted by molar-refractivity contribution is -0.157. The Kier molecular flexibility index (Phi) is 10.5. The first-order valence-electron chi connectivity index (χ1n) is 13.5. The topological polar surface area (TPSA) is 129 Å². The molecular weight excluding hydrogens is 601 g/mol. The lowest BCUT2D eigenvalue weighted by Gasteiger charge is -2.37. The van der Waals surface area contributed by atoms with Gasteiger partial charge in [0.15, 0.2) is 5.69 Å². The van der Waals surface area contributed by atoms with Crippen LogP contribution in [-0.2, 0) is 25.9 Å². The number of anilines is 1. The first-order chi connectivity index (χ1) is 19.6. The van der Waals surface area contributed by atoms with Crippen LogP contribution in [0.15, 0.2) is 18.2 Å². The van der Waals surface area contributed by atoms with Crippen molar-refractivity contribution >= 4 is 39.0 Å². The molecule has 2 aromatic rings. The Bertz CT molecular complexity index is 1410. The summed E-state index contributed by atoms with van der Waals surface area (Å²) in [6, 6.07) is 2.57. The molecule has 15 heteroatoms. The molecule has 1 aliphatic carbocycles. The number of halogens is 4. The summed E-state index contributed by atoms with van der Waals surface area (Å²) in [5.41, 5.74) is -0.317. The first-order valence-corrected chi connectivity index (χ1v) is 15.8. The van der Waals surface area contributed by atoms with Crippen LogP contribution in [0.4, 0.5) is 18.9 Å². The average Bonchev–Trinajstić information content (AvgIpc) is 3.26. The van der Waals surface area contributed by atoms with Crippen molar-refractivity contribution in [3.05, 3.63) is 28.9 Å². The summed E-state index contributed by atoms with van der Waals surface area (Å²) in [6.45, 7) is 4.77. The van der Waals surface area contributed by atoms with E-state index in [0.29, 0.717) is 17.8 Å². The van der Waals surface area contributed by atoms with Crippen LogP contribution < -0.4 is 15.4 Å². The average molecular weight is 637 g/mol. The molecule has 1 amide bonds. The van der Waals surface area contributed by atoms with Gasteiger partial charge in [0.05, 0.1) is 35.1 Å². The number of carbonyl (C=O) groups excluding carboxylic acids is 2. The van der Waals surface area contributed by atoms with Crippen LogP contribution in [0, 0.1) is 5.41 Å². The molecule has 1 aliphatic rings. The maximum atomic E-state index is 13.3. The van der Waals surface area contributed by atoms with Crippen molar-refractivity contribution in [2.24, 2.45) is 5.41 Å². The smallest absolute Gasteiger partial charge is 0.408 e. The van der Waals surface area contributed by atoms with Gasteiger partial charge in [-0.1, -0.05) is 11.6 Å². The van der Waals surface area contributed by atoms with Crippen molar-refractivity contribution in [1.82, 2.24) is 15.1 Å². The van der Waals surface area contributed by atoms with Crippen LogP contribution in [0.5, 0.6) is 5.75 Å². The van der Waals surface area contributed by atoms with Gasteiger partial charge in [0.1, 0.15) is 21.6 Å². The molecule has 1 atom stereocenters. The Morgan fingerprint density at radius 2 is 1.88 bits per heavy atom. The minimum absolute atomic E-state index is 0.0111. The van der Waals surface area contributed by atoms with Crippen molar-refractivity contribution in [2.75, 3.05) is 31.8 Å². The second-order valence-electron chi connectivity index (χ2n) is 10.4. The summed E-state index contributed by atoms with van der Waals surface area (Å²) in [4.78, 5) is 26.3. The zero-order valence-corrected chi connectivity index (χ0v) is 25.7. The van der Waals surface area contributed by atoms with Crippen LogP contribution in [0.2, 0.25) is 5.02 Å². The van der Waals surface area contributed by atoms with E-state index in [4.69, 9.17) is 21.1 Å². The third-order valence-electron chi connectivity index (χ3n) is 7.53. The van der Waals surface area contributed by atoms with Crippen molar-refractivity contribution in [3.8, 4) is 17.0 Å². The maximum absolute atomic E-state index is 13.3. The summed E-state index contributed by atoms with van der Waals surface area (Å²) >= 11 is 6.67. The molecule has 0 bridgehead atoms. The number of nitrogens with one attached hydrogen (secondary N) is 2. The van der Waals surface area contributed by atoms with Crippen LogP contribution in [-0.4, -0.2) is 74.1 Å². The van der Waals surface area contributed by atoms with Crippen LogP contribution in [0.3, 0.4) is 0 Å². The molecule has 0 saturated heterocycles. The summed E-state index contributed by atoms with van der Waals surface area (Å²) < 4.78 is 75.4. The number of aryl methyl sites for hydroxylation is 1. The van der Waals surface area contributed by atoms with Gasteiger partial charge in [-0.25, -0.2) is 8.42 Å². The monoisotopic (exact) mass is 636 g/mol. The molecule has 42 heavy (non-hydrogen) atoms. The summed E-state index contributed by atoms with van der Waals surface area (Å²) in [5, 5.41) is 8.89. The van der Waals surface area contributed by atoms with E-state index in [0.717, 1.165) is 6.92 Å². The van der Waals surface area contributed by atoms with Crippen LogP contribution in [0.1, 0.15) is 56.9 Å². The zero-order chi connectivity index (χ0) is 31.5. The molecule has 234 valence electrons. The molecule has 0 radical (unpaired) electrons. The number of esters is 1. The van der Waals surface area contributed by atoms with E-state index < -0.39 is 44.6 Å². The predicted octanol–water partition coefficient (Wildman–Crippen LogP) is 4.86. The minimum atomic E-state index is -4.45. The fraction of sp³-hybridized carbons (Fsp3) is 0.593. The van der Waals surface area contributed by atoms with E-state index in [1.54, 1.807) is 13.8 Å². The van der Waals surface area contributed by atoms with Crippen molar-refractivity contribution in [2.45, 2.75) is 70.5 Å². The third kappa shape index (κ3) is 7.31. The van der Waals surface area contributed by atoms with E-state index in [2.05, 4.69) is 15.7 Å². The van der Waals surface area contributed by atoms with Gasteiger partial charge in [-0.3, -0.25) is 14.3 Å². The van der Waals surface area contributed by atoms with E-state index in [-0.39, 0.29) is 61.0 Å². The van der Waals surface area contributed by atoms with E-state index >= 15 is 0 Å². The molecule has 2 N–H and O–H groups in total. The molecule has 0 aliphatic heterocycles. The standard InChI is InChI=1S/C27H36ClF3N4O6S/c1-6-35-23(19-9-8-17(14-20(19)40-4)33-16(3)27(29,30)31)21(28)22(34-35)24(36)32-15-26(25(37)41-7-2)12-10-18(11-13-26)42(5,38)39/h8-9,14,16,18,33H,6-7,10-13,15H2,1-5H3,(H,32,36)/t16-,18-,26+/m1/s1. The summed E-state index contributed by atoms with van der Waals surface area (Å²) in [5.74, 6) is -0.957. The molecule has 1 fully saturated rings. The number of sulfone groups is 1. The molecule has 1 saturated carbocycles. The lowest BCUT2D eigenvalue weighted by Crippen LogP contribution is -2.47. The first kappa shape index (κ1) is 33.5. The number of hydrogen-bond acceptors (Lipinski definition) is 8. The number of benzene rings is 1. The Balaban J connectivity index is 1.88. The number of nitrogens with zero attached hydrogens (tertiary/aromatic N) is 2.